The summed E-state index contributed by atoms with van der Waals surface area (Å²) >= 11 is 0. The van der Waals surface area contributed by atoms with Gasteiger partial charge in [-0.1, -0.05) is 26.0 Å². The van der Waals surface area contributed by atoms with E-state index in [0.717, 1.165) is 0 Å². The van der Waals surface area contributed by atoms with Crippen LogP contribution in [0.1, 0.15) is 30.9 Å². The van der Waals surface area contributed by atoms with E-state index >= 15 is 0 Å². The molecule has 102 valence electrons. The number of hydrogen-bond acceptors (Lipinski definition) is 4. The Labute approximate surface area is 112 Å². The van der Waals surface area contributed by atoms with E-state index in [9.17, 15) is 4.39 Å². The van der Waals surface area contributed by atoms with Crippen molar-refractivity contribution in [2.45, 2.75) is 25.8 Å². The van der Waals surface area contributed by atoms with Crippen molar-refractivity contribution < 1.29 is 9.13 Å². The second kappa shape index (κ2) is 5.93. The van der Waals surface area contributed by atoms with Crippen molar-refractivity contribution in [3.05, 3.63) is 35.1 Å². The van der Waals surface area contributed by atoms with E-state index < -0.39 is 0 Å². The van der Waals surface area contributed by atoms with Crippen molar-refractivity contribution in [2.75, 3.05) is 13.2 Å². The number of aliphatic imine (C=N–C) groups is 1. The SMILES string of the molecule is CC(C)c1ccc(/C(C=NC2COC2)=N/N)cc1F. The fraction of sp³-hybridized carbons (Fsp3) is 0.429. The topological polar surface area (TPSA) is 60.0 Å². The summed E-state index contributed by atoms with van der Waals surface area (Å²) in [7, 11) is 0. The Morgan fingerprint density at radius 3 is 2.68 bits per heavy atom. The predicted octanol–water partition coefficient (Wildman–Crippen LogP) is 2.08. The highest BCUT2D eigenvalue weighted by atomic mass is 19.1. The zero-order valence-corrected chi connectivity index (χ0v) is 11.1. The van der Waals surface area contributed by atoms with Gasteiger partial charge in [0.2, 0.25) is 0 Å². The molecule has 1 aliphatic rings. The zero-order chi connectivity index (χ0) is 13.8. The lowest BCUT2D eigenvalue weighted by molar-refractivity contribution is 0.0136. The van der Waals surface area contributed by atoms with Gasteiger partial charge >= 0.3 is 0 Å². The number of benzene rings is 1. The van der Waals surface area contributed by atoms with Crippen LogP contribution in [0.3, 0.4) is 0 Å². The van der Waals surface area contributed by atoms with E-state index in [0.29, 0.717) is 30.1 Å². The molecule has 5 heteroatoms. The molecule has 0 spiro atoms. The minimum Gasteiger partial charge on any atom is -0.377 e. The number of nitrogens with zero attached hydrogens (tertiary/aromatic N) is 2. The number of halogens is 1. The maximum Gasteiger partial charge on any atom is 0.127 e. The van der Waals surface area contributed by atoms with Crippen molar-refractivity contribution in [2.24, 2.45) is 15.9 Å². The van der Waals surface area contributed by atoms with E-state index in [-0.39, 0.29) is 17.8 Å². The van der Waals surface area contributed by atoms with Crippen LogP contribution >= 0.6 is 0 Å². The van der Waals surface area contributed by atoms with Crippen molar-refractivity contribution >= 4 is 11.9 Å². The fourth-order valence-electron chi connectivity index (χ4n) is 1.82. The molecule has 1 aromatic carbocycles. The summed E-state index contributed by atoms with van der Waals surface area (Å²) in [5, 5.41) is 3.66. The summed E-state index contributed by atoms with van der Waals surface area (Å²) in [6.07, 6.45) is 1.58. The third kappa shape index (κ3) is 3.17. The molecule has 4 nitrogen and oxygen atoms in total. The average molecular weight is 263 g/mol. The van der Waals surface area contributed by atoms with Gasteiger partial charge in [-0.3, -0.25) is 4.99 Å². The summed E-state index contributed by atoms with van der Waals surface area (Å²) in [6.45, 7) is 5.14. The van der Waals surface area contributed by atoms with Crippen molar-refractivity contribution in [3.8, 4) is 0 Å². The molecule has 1 fully saturated rings. The highest BCUT2D eigenvalue weighted by Crippen LogP contribution is 2.19. The van der Waals surface area contributed by atoms with Crippen LogP contribution in [0.5, 0.6) is 0 Å². The van der Waals surface area contributed by atoms with E-state index in [1.807, 2.05) is 19.9 Å². The Kier molecular flexibility index (Phi) is 4.27. The van der Waals surface area contributed by atoms with Gasteiger partial charge in [-0.05, 0) is 17.5 Å². The lowest BCUT2D eigenvalue weighted by Gasteiger charge is -2.21. The van der Waals surface area contributed by atoms with Gasteiger partial charge in [0.25, 0.3) is 0 Å². The van der Waals surface area contributed by atoms with Crippen molar-refractivity contribution in [3.63, 3.8) is 0 Å². The van der Waals surface area contributed by atoms with Crippen LogP contribution in [0.25, 0.3) is 0 Å². The minimum atomic E-state index is -0.242. The molecule has 0 unspecified atom stereocenters. The molecule has 1 heterocycles. The van der Waals surface area contributed by atoms with Crippen LogP contribution in [0, 0.1) is 5.82 Å². The van der Waals surface area contributed by atoms with Crippen molar-refractivity contribution in [1.82, 2.24) is 0 Å². The molecule has 1 aromatic rings. The largest absolute Gasteiger partial charge is 0.377 e. The molecule has 2 rings (SSSR count). The zero-order valence-electron chi connectivity index (χ0n) is 11.1. The summed E-state index contributed by atoms with van der Waals surface area (Å²) in [4.78, 5) is 4.28. The summed E-state index contributed by atoms with van der Waals surface area (Å²) in [6, 6.07) is 5.19. The Morgan fingerprint density at radius 2 is 2.21 bits per heavy atom. The van der Waals surface area contributed by atoms with E-state index in [1.165, 1.54) is 6.07 Å². The standard InChI is InChI=1S/C14H18FN3O/c1-9(2)12-4-3-10(5-13(12)15)14(18-16)6-17-11-7-19-8-11/h3-6,9,11H,7-8,16H2,1-2H3/b17-6?,18-14+. The van der Waals surface area contributed by atoms with E-state index in [4.69, 9.17) is 10.6 Å². The fourth-order valence-corrected chi connectivity index (χ4v) is 1.82. The normalized spacial score (nSPS) is 17.2. The molecule has 19 heavy (non-hydrogen) atoms. The van der Waals surface area contributed by atoms with Gasteiger partial charge in [0.05, 0.1) is 19.3 Å². The van der Waals surface area contributed by atoms with Crippen LogP contribution in [0.15, 0.2) is 28.3 Å². The Bertz CT molecular complexity index is 507. The van der Waals surface area contributed by atoms with Crippen LogP contribution in [0.4, 0.5) is 4.39 Å². The molecule has 0 bridgehead atoms. The van der Waals surface area contributed by atoms with Gasteiger partial charge in [0, 0.05) is 11.8 Å². The number of rotatable bonds is 4. The Hall–Kier alpha value is -1.75. The first kappa shape index (κ1) is 13.7. The van der Waals surface area contributed by atoms with Gasteiger partial charge in [-0.2, -0.15) is 5.10 Å². The van der Waals surface area contributed by atoms with Crippen LogP contribution < -0.4 is 5.84 Å². The van der Waals surface area contributed by atoms with Gasteiger partial charge in [-0.15, -0.1) is 0 Å². The first-order valence-electron chi connectivity index (χ1n) is 6.30. The molecule has 1 saturated heterocycles. The van der Waals surface area contributed by atoms with Gasteiger partial charge in [0.1, 0.15) is 11.5 Å². The highest BCUT2D eigenvalue weighted by Gasteiger charge is 2.16. The molecular formula is C14H18FN3O. The lowest BCUT2D eigenvalue weighted by atomic mass is 9.99. The Morgan fingerprint density at radius 1 is 1.47 bits per heavy atom. The van der Waals surface area contributed by atoms with Gasteiger partial charge in [-0.25, -0.2) is 4.39 Å². The van der Waals surface area contributed by atoms with Crippen LogP contribution in [-0.2, 0) is 4.74 Å². The van der Waals surface area contributed by atoms with Crippen molar-refractivity contribution in [1.29, 1.82) is 0 Å². The number of nitrogens with two attached hydrogens (primary N) is 1. The summed E-state index contributed by atoms with van der Waals surface area (Å²) < 4.78 is 18.9. The third-order valence-corrected chi connectivity index (χ3v) is 3.09. The maximum absolute atomic E-state index is 13.9. The summed E-state index contributed by atoms with van der Waals surface area (Å²) in [5.74, 6) is 5.25. The van der Waals surface area contributed by atoms with Gasteiger partial charge < -0.3 is 10.6 Å². The molecule has 0 saturated carbocycles. The molecular weight excluding hydrogens is 245 g/mol. The molecule has 0 amide bonds. The van der Waals surface area contributed by atoms with Crippen LogP contribution in [0.2, 0.25) is 0 Å². The number of ether oxygens (including phenoxy) is 1. The molecule has 0 radical (unpaired) electrons. The van der Waals surface area contributed by atoms with E-state index in [1.54, 1.807) is 12.3 Å². The molecule has 0 atom stereocenters. The molecule has 0 aromatic heterocycles. The smallest absolute Gasteiger partial charge is 0.127 e. The van der Waals surface area contributed by atoms with Gasteiger partial charge in [0.15, 0.2) is 0 Å². The molecule has 1 aliphatic heterocycles. The average Bonchev–Trinajstić information content (AvgIpc) is 2.31. The quantitative estimate of drug-likeness (QED) is 0.513. The molecule has 2 N–H and O–H groups in total. The van der Waals surface area contributed by atoms with Crippen LogP contribution in [-0.4, -0.2) is 31.2 Å². The highest BCUT2D eigenvalue weighted by molar-refractivity contribution is 6.38. The predicted molar refractivity (Wildman–Crippen MR) is 74.3 cm³/mol. The Balaban J connectivity index is 2.19. The molecule has 0 aliphatic carbocycles. The first-order valence-corrected chi connectivity index (χ1v) is 6.30. The maximum atomic E-state index is 13.9. The van der Waals surface area contributed by atoms with E-state index in [2.05, 4.69) is 10.1 Å². The first-order chi connectivity index (χ1) is 9.11. The minimum absolute atomic E-state index is 0.146. The third-order valence-electron chi connectivity index (χ3n) is 3.09. The lowest BCUT2D eigenvalue weighted by Crippen LogP contribution is -2.32. The summed E-state index contributed by atoms with van der Waals surface area (Å²) in [5.41, 5.74) is 1.79. The second-order valence-corrected chi connectivity index (χ2v) is 4.87. The number of hydrogen-bond donors (Lipinski definition) is 1. The monoisotopic (exact) mass is 263 g/mol. The number of hydrazone groups is 1. The second-order valence-electron chi connectivity index (χ2n) is 4.87.